The number of hydrogen-bond donors (Lipinski definition) is 1. The summed E-state index contributed by atoms with van der Waals surface area (Å²) in [7, 11) is 4.41. The van der Waals surface area contributed by atoms with Crippen LogP contribution in [0.2, 0.25) is 0 Å². The highest BCUT2D eigenvalue weighted by Crippen LogP contribution is 2.34. The lowest BCUT2D eigenvalue weighted by Gasteiger charge is -2.37. The van der Waals surface area contributed by atoms with Crippen LogP contribution < -0.4 is 5.32 Å². The van der Waals surface area contributed by atoms with E-state index in [0.29, 0.717) is 6.04 Å². The third-order valence-electron chi connectivity index (χ3n) is 3.86. The van der Waals surface area contributed by atoms with E-state index in [-0.39, 0.29) is 0 Å². The molecular formula is C12H24N2S. The van der Waals surface area contributed by atoms with E-state index < -0.39 is 0 Å². The second-order valence-electron chi connectivity index (χ2n) is 5.04. The predicted molar refractivity (Wildman–Crippen MR) is 68.5 cm³/mol. The molecule has 2 atom stereocenters. The van der Waals surface area contributed by atoms with E-state index in [1.165, 1.54) is 43.7 Å². The average Bonchev–Trinajstić information content (AvgIpc) is 3.05. The number of hydrogen-bond acceptors (Lipinski definition) is 3. The maximum Gasteiger partial charge on any atom is 0.0337 e. The summed E-state index contributed by atoms with van der Waals surface area (Å²) in [6, 6.07) is 1.47. The van der Waals surface area contributed by atoms with Gasteiger partial charge >= 0.3 is 0 Å². The first-order chi connectivity index (χ1) is 7.31. The summed E-state index contributed by atoms with van der Waals surface area (Å²) in [6.45, 7) is 1.26. The number of rotatable bonds is 5. The lowest BCUT2D eigenvalue weighted by Crippen LogP contribution is -2.51. The normalized spacial score (nSPS) is 30.4. The van der Waals surface area contributed by atoms with Gasteiger partial charge in [0.2, 0.25) is 0 Å². The molecule has 1 aliphatic carbocycles. The minimum Gasteiger partial charge on any atom is -0.315 e. The number of likely N-dealkylation sites (N-methyl/N-ethyl adjacent to an activating group) is 2. The Morgan fingerprint density at radius 3 is 2.87 bits per heavy atom. The van der Waals surface area contributed by atoms with Crippen LogP contribution in [0.1, 0.15) is 25.7 Å². The first-order valence-electron chi connectivity index (χ1n) is 6.26. The molecule has 3 heteroatoms. The van der Waals surface area contributed by atoms with Crippen LogP contribution in [0.25, 0.3) is 0 Å². The fraction of sp³-hybridized carbons (Fsp3) is 1.00. The molecule has 0 aromatic heterocycles. The van der Waals surface area contributed by atoms with Gasteiger partial charge in [0.1, 0.15) is 0 Å². The van der Waals surface area contributed by atoms with Gasteiger partial charge in [-0.05, 0) is 32.9 Å². The van der Waals surface area contributed by atoms with E-state index >= 15 is 0 Å². The third kappa shape index (κ3) is 3.36. The minimum atomic E-state index is 0.711. The Labute approximate surface area is 98.2 Å². The maximum absolute atomic E-state index is 3.53. The van der Waals surface area contributed by atoms with Crippen molar-refractivity contribution in [2.24, 2.45) is 5.92 Å². The van der Waals surface area contributed by atoms with Gasteiger partial charge in [-0.2, -0.15) is 11.8 Å². The lowest BCUT2D eigenvalue weighted by atomic mass is 10.0. The Hall–Kier alpha value is 0.270. The molecule has 0 radical (unpaired) electrons. The zero-order valence-corrected chi connectivity index (χ0v) is 10.9. The third-order valence-corrected chi connectivity index (χ3v) is 4.91. The van der Waals surface area contributed by atoms with Gasteiger partial charge in [0.05, 0.1) is 0 Å². The summed E-state index contributed by atoms with van der Waals surface area (Å²) in [5, 5.41) is 3.53. The van der Waals surface area contributed by atoms with Crippen LogP contribution in [0.5, 0.6) is 0 Å². The molecule has 2 aliphatic rings. The molecule has 0 bridgehead atoms. The molecule has 1 saturated heterocycles. The quantitative estimate of drug-likeness (QED) is 0.772. The van der Waals surface area contributed by atoms with Crippen LogP contribution in [0.3, 0.4) is 0 Å². The van der Waals surface area contributed by atoms with Crippen molar-refractivity contribution in [3.05, 3.63) is 0 Å². The maximum atomic E-state index is 3.53. The smallest absolute Gasteiger partial charge is 0.0337 e. The van der Waals surface area contributed by atoms with Crippen molar-refractivity contribution in [3.63, 3.8) is 0 Å². The fourth-order valence-corrected chi connectivity index (χ4v) is 3.79. The summed E-state index contributed by atoms with van der Waals surface area (Å²) in [5.74, 6) is 3.70. The van der Waals surface area contributed by atoms with Crippen LogP contribution in [0, 0.1) is 5.92 Å². The molecule has 15 heavy (non-hydrogen) atoms. The molecule has 2 unspecified atom stereocenters. The molecule has 1 heterocycles. The Morgan fingerprint density at radius 2 is 2.27 bits per heavy atom. The molecule has 0 aromatic carbocycles. The van der Waals surface area contributed by atoms with Gasteiger partial charge in [-0.15, -0.1) is 0 Å². The Morgan fingerprint density at radius 1 is 1.47 bits per heavy atom. The van der Waals surface area contributed by atoms with E-state index in [9.17, 15) is 0 Å². The molecule has 0 amide bonds. The monoisotopic (exact) mass is 228 g/mol. The van der Waals surface area contributed by atoms with Gasteiger partial charge in [-0.1, -0.05) is 12.8 Å². The molecule has 2 nitrogen and oxygen atoms in total. The van der Waals surface area contributed by atoms with Gasteiger partial charge in [0, 0.05) is 30.1 Å². The number of thioether (sulfide) groups is 1. The predicted octanol–water partition coefficient (Wildman–Crippen LogP) is 1.81. The molecule has 0 spiro atoms. The van der Waals surface area contributed by atoms with E-state index in [2.05, 4.69) is 36.1 Å². The molecule has 2 fully saturated rings. The van der Waals surface area contributed by atoms with Crippen molar-refractivity contribution in [3.8, 4) is 0 Å². The fourth-order valence-electron chi connectivity index (χ4n) is 2.48. The zero-order chi connectivity index (χ0) is 10.7. The zero-order valence-electron chi connectivity index (χ0n) is 10.0. The largest absolute Gasteiger partial charge is 0.315 e. The van der Waals surface area contributed by atoms with Crippen molar-refractivity contribution in [2.45, 2.75) is 37.8 Å². The number of nitrogens with one attached hydrogen (secondary N) is 1. The summed E-state index contributed by atoms with van der Waals surface area (Å²) in [4.78, 5) is 2.55. The second kappa shape index (κ2) is 5.55. The van der Waals surface area contributed by atoms with E-state index in [4.69, 9.17) is 0 Å². The summed E-state index contributed by atoms with van der Waals surface area (Å²) in [6.07, 6.45) is 5.80. The molecule has 1 saturated carbocycles. The van der Waals surface area contributed by atoms with Gasteiger partial charge in [0.25, 0.3) is 0 Å². The van der Waals surface area contributed by atoms with Gasteiger partial charge in [-0.3, -0.25) is 0 Å². The van der Waals surface area contributed by atoms with Crippen molar-refractivity contribution in [2.75, 3.05) is 32.1 Å². The molecule has 2 rings (SSSR count). The molecule has 1 N–H and O–H groups in total. The first-order valence-corrected chi connectivity index (χ1v) is 7.42. The lowest BCUT2D eigenvalue weighted by molar-refractivity contribution is 0.210. The van der Waals surface area contributed by atoms with Gasteiger partial charge in [0.15, 0.2) is 0 Å². The van der Waals surface area contributed by atoms with Crippen molar-refractivity contribution < 1.29 is 0 Å². The highest BCUT2D eigenvalue weighted by Gasteiger charge is 2.29. The van der Waals surface area contributed by atoms with E-state index in [1.54, 1.807) is 0 Å². The Kier molecular flexibility index (Phi) is 4.35. The summed E-state index contributed by atoms with van der Waals surface area (Å²) >= 11 is 2.12. The molecule has 1 aliphatic heterocycles. The minimum absolute atomic E-state index is 0.711. The number of nitrogens with zero attached hydrogens (tertiary/aromatic N) is 1. The molecular weight excluding hydrogens is 204 g/mol. The van der Waals surface area contributed by atoms with Crippen LogP contribution in [0.4, 0.5) is 0 Å². The van der Waals surface area contributed by atoms with Gasteiger partial charge < -0.3 is 10.2 Å². The molecule has 0 aromatic rings. The van der Waals surface area contributed by atoms with E-state index in [0.717, 1.165) is 12.0 Å². The van der Waals surface area contributed by atoms with Crippen molar-refractivity contribution in [1.82, 2.24) is 10.2 Å². The van der Waals surface area contributed by atoms with Crippen molar-refractivity contribution in [1.29, 1.82) is 0 Å². The topological polar surface area (TPSA) is 15.3 Å². The average molecular weight is 228 g/mol. The second-order valence-corrected chi connectivity index (χ2v) is 6.19. The first kappa shape index (κ1) is 11.7. The van der Waals surface area contributed by atoms with Crippen LogP contribution in [0.15, 0.2) is 0 Å². The Balaban J connectivity index is 1.79. The van der Waals surface area contributed by atoms with Crippen molar-refractivity contribution >= 4 is 11.8 Å². The van der Waals surface area contributed by atoms with Crippen LogP contribution >= 0.6 is 11.8 Å². The Bertz CT molecular complexity index is 194. The van der Waals surface area contributed by atoms with E-state index in [1.807, 2.05) is 0 Å². The van der Waals surface area contributed by atoms with Gasteiger partial charge in [-0.25, -0.2) is 0 Å². The SMILES string of the molecule is CNC(CCC1CC1)C1CSCCN1C. The molecule has 88 valence electrons. The highest BCUT2D eigenvalue weighted by atomic mass is 32.2. The summed E-state index contributed by atoms with van der Waals surface area (Å²) < 4.78 is 0. The summed E-state index contributed by atoms with van der Waals surface area (Å²) in [5.41, 5.74) is 0. The van der Waals surface area contributed by atoms with Crippen LogP contribution in [-0.2, 0) is 0 Å². The standard InChI is InChI=1S/C12H24N2S/c1-13-11(6-5-10-3-4-10)12-9-15-8-7-14(12)2/h10-13H,3-9H2,1-2H3. The highest BCUT2D eigenvalue weighted by molar-refractivity contribution is 7.99. The van der Waals surface area contributed by atoms with Crippen LogP contribution in [-0.4, -0.2) is 49.1 Å².